The van der Waals surface area contributed by atoms with Crippen LogP contribution in [0.4, 0.5) is 8.78 Å². The normalized spacial score (nSPS) is 18.3. The van der Waals surface area contributed by atoms with Gasteiger partial charge in [0.25, 0.3) is 5.91 Å². The zero-order valence-electron chi connectivity index (χ0n) is 13.8. The molecule has 1 aromatic carbocycles. The molecule has 2 fully saturated rings. The smallest absolute Gasteiger partial charge is 0.273 e. The quantitative estimate of drug-likeness (QED) is 0.829. The Kier molecular flexibility index (Phi) is 4.32. The molecule has 2 saturated heterocycles. The molecule has 2 N–H and O–H groups in total. The lowest BCUT2D eigenvalue weighted by molar-refractivity contribution is -0.138. The van der Waals surface area contributed by atoms with Gasteiger partial charge in [-0.3, -0.25) is 9.59 Å². The molecule has 1 aromatic heterocycles. The Morgan fingerprint density at radius 3 is 2.35 bits per heavy atom. The Morgan fingerprint density at radius 1 is 1.08 bits per heavy atom. The van der Waals surface area contributed by atoms with E-state index in [4.69, 9.17) is 11.6 Å². The summed E-state index contributed by atoms with van der Waals surface area (Å²) in [5.74, 6) is -2.01. The van der Waals surface area contributed by atoms with Crippen molar-refractivity contribution < 1.29 is 18.4 Å². The Bertz CT molecular complexity index is 889. The van der Waals surface area contributed by atoms with Crippen LogP contribution in [0.25, 0.3) is 10.9 Å². The molecule has 0 bridgehead atoms. The molecule has 3 heterocycles. The maximum atomic E-state index is 14.6. The standard InChI is InChI=1S/C17H17ClF2N4O2/c18-13-10(19)1-2-11-12(13)14(20)15(22-11)17(26)24-5-3-23(4-6-24)16(25)9-7-21-8-9/h1-2,9,21-22H,3-8H2. The SMILES string of the molecule is O=C(c1[nH]c2ccc(F)c(Cl)c2c1F)N1CCN(C(=O)C2CNC2)CC1. The van der Waals surface area contributed by atoms with Gasteiger partial charge in [0.2, 0.25) is 5.91 Å². The zero-order valence-corrected chi connectivity index (χ0v) is 14.6. The molecule has 2 amide bonds. The largest absolute Gasteiger partial charge is 0.348 e. The van der Waals surface area contributed by atoms with Crippen molar-refractivity contribution >= 4 is 34.3 Å². The van der Waals surface area contributed by atoms with Gasteiger partial charge in [0.15, 0.2) is 5.82 Å². The molecule has 2 aliphatic heterocycles. The number of hydrogen-bond donors (Lipinski definition) is 2. The molecule has 0 atom stereocenters. The number of piperazine rings is 1. The van der Waals surface area contributed by atoms with Gasteiger partial charge in [0, 0.05) is 39.3 Å². The van der Waals surface area contributed by atoms with E-state index in [-0.39, 0.29) is 33.4 Å². The van der Waals surface area contributed by atoms with Crippen LogP contribution in [0.15, 0.2) is 12.1 Å². The number of aromatic amines is 1. The van der Waals surface area contributed by atoms with Gasteiger partial charge in [0.05, 0.1) is 21.8 Å². The van der Waals surface area contributed by atoms with Gasteiger partial charge in [-0.15, -0.1) is 0 Å². The number of nitrogens with one attached hydrogen (secondary N) is 2. The Hall–Kier alpha value is -2.19. The lowest BCUT2D eigenvalue weighted by Gasteiger charge is -2.38. The van der Waals surface area contributed by atoms with E-state index < -0.39 is 17.5 Å². The molecule has 9 heteroatoms. The van der Waals surface area contributed by atoms with Crippen LogP contribution in [0.1, 0.15) is 10.5 Å². The summed E-state index contributed by atoms with van der Waals surface area (Å²) in [5, 5.41) is 2.59. The fourth-order valence-corrected chi connectivity index (χ4v) is 3.59. The fourth-order valence-electron chi connectivity index (χ4n) is 3.34. The summed E-state index contributed by atoms with van der Waals surface area (Å²) in [6.07, 6.45) is 0. The maximum Gasteiger partial charge on any atom is 0.273 e. The van der Waals surface area contributed by atoms with E-state index in [2.05, 4.69) is 10.3 Å². The lowest BCUT2D eigenvalue weighted by Crippen LogP contribution is -2.57. The molecule has 0 unspecified atom stereocenters. The molecule has 6 nitrogen and oxygen atoms in total. The first-order valence-electron chi connectivity index (χ1n) is 8.41. The first-order chi connectivity index (χ1) is 12.5. The number of rotatable bonds is 2. The minimum Gasteiger partial charge on any atom is -0.348 e. The highest BCUT2D eigenvalue weighted by atomic mass is 35.5. The van der Waals surface area contributed by atoms with Crippen molar-refractivity contribution in [2.45, 2.75) is 0 Å². The van der Waals surface area contributed by atoms with Gasteiger partial charge in [0.1, 0.15) is 11.5 Å². The summed E-state index contributed by atoms with van der Waals surface area (Å²) in [7, 11) is 0. The van der Waals surface area contributed by atoms with Crippen molar-refractivity contribution in [3.63, 3.8) is 0 Å². The molecule has 138 valence electrons. The van der Waals surface area contributed by atoms with Crippen LogP contribution >= 0.6 is 11.6 Å². The average molecular weight is 383 g/mol. The van der Waals surface area contributed by atoms with Crippen molar-refractivity contribution in [1.29, 1.82) is 0 Å². The number of hydrogen-bond acceptors (Lipinski definition) is 3. The fraction of sp³-hybridized carbons (Fsp3) is 0.412. The Labute approximate surface area is 153 Å². The van der Waals surface area contributed by atoms with Crippen LogP contribution in [0, 0.1) is 17.6 Å². The van der Waals surface area contributed by atoms with Gasteiger partial charge in [-0.1, -0.05) is 11.6 Å². The summed E-state index contributed by atoms with van der Waals surface area (Å²) in [5.41, 5.74) is 0.0269. The second-order valence-electron chi connectivity index (χ2n) is 6.57. The minimum absolute atomic E-state index is 0.0143. The molecule has 4 rings (SSSR count). The third-order valence-corrected chi connectivity index (χ3v) is 5.39. The van der Waals surface area contributed by atoms with E-state index in [1.807, 2.05) is 0 Å². The monoisotopic (exact) mass is 382 g/mol. The third kappa shape index (κ3) is 2.73. The van der Waals surface area contributed by atoms with Gasteiger partial charge in [-0.05, 0) is 12.1 Å². The molecule has 26 heavy (non-hydrogen) atoms. The van der Waals surface area contributed by atoms with Crippen molar-refractivity contribution in [3.05, 3.63) is 34.5 Å². The van der Waals surface area contributed by atoms with Gasteiger partial charge < -0.3 is 20.1 Å². The Balaban J connectivity index is 1.50. The van der Waals surface area contributed by atoms with Crippen LogP contribution < -0.4 is 5.32 Å². The minimum atomic E-state index is -0.853. The highest BCUT2D eigenvalue weighted by molar-refractivity contribution is 6.35. The summed E-state index contributed by atoms with van der Waals surface area (Å²) < 4.78 is 28.2. The Morgan fingerprint density at radius 2 is 1.73 bits per heavy atom. The number of halogens is 3. The van der Waals surface area contributed by atoms with E-state index in [1.54, 1.807) is 4.90 Å². The van der Waals surface area contributed by atoms with E-state index in [0.29, 0.717) is 39.3 Å². The number of H-pyrrole nitrogens is 1. The lowest BCUT2D eigenvalue weighted by atomic mass is 10.0. The number of carbonyl (C=O) groups excluding carboxylic acids is 2. The predicted octanol–water partition coefficient (Wildman–Crippen LogP) is 1.60. The summed E-state index contributed by atoms with van der Waals surface area (Å²) in [6, 6.07) is 2.47. The van der Waals surface area contributed by atoms with Crippen LogP contribution in [0.2, 0.25) is 5.02 Å². The van der Waals surface area contributed by atoms with Gasteiger partial charge in [-0.2, -0.15) is 0 Å². The van der Waals surface area contributed by atoms with Gasteiger partial charge >= 0.3 is 0 Å². The molecule has 0 spiro atoms. The van der Waals surface area contributed by atoms with Crippen LogP contribution in [0.5, 0.6) is 0 Å². The number of fused-ring (bicyclic) bond motifs is 1. The van der Waals surface area contributed by atoms with Crippen molar-refractivity contribution in [3.8, 4) is 0 Å². The highest BCUT2D eigenvalue weighted by Gasteiger charge is 2.33. The molecule has 0 aliphatic carbocycles. The summed E-state index contributed by atoms with van der Waals surface area (Å²) in [6.45, 7) is 2.85. The van der Waals surface area contributed by atoms with Crippen molar-refractivity contribution in [2.75, 3.05) is 39.3 Å². The number of amides is 2. The van der Waals surface area contributed by atoms with Gasteiger partial charge in [-0.25, -0.2) is 8.78 Å². The van der Waals surface area contributed by atoms with Crippen LogP contribution in [-0.4, -0.2) is 65.9 Å². The zero-order chi connectivity index (χ0) is 18.4. The third-order valence-electron chi connectivity index (χ3n) is 5.02. The molecule has 0 radical (unpaired) electrons. The number of aromatic nitrogens is 1. The first-order valence-corrected chi connectivity index (χ1v) is 8.79. The summed E-state index contributed by atoms with van der Waals surface area (Å²) in [4.78, 5) is 30.8. The molecule has 2 aromatic rings. The molecule has 2 aliphatic rings. The van der Waals surface area contributed by atoms with Crippen molar-refractivity contribution in [2.24, 2.45) is 5.92 Å². The van der Waals surface area contributed by atoms with Crippen molar-refractivity contribution in [1.82, 2.24) is 20.1 Å². The molecular formula is C17H17ClF2N4O2. The second-order valence-corrected chi connectivity index (χ2v) is 6.95. The first kappa shape index (κ1) is 17.2. The van der Waals surface area contributed by atoms with Crippen LogP contribution in [-0.2, 0) is 4.79 Å². The number of nitrogens with zero attached hydrogens (tertiary/aromatic N) is 2. The predicted molar refractivity (Wildman–Crippen MR) is 92.1 cm³/mol. The average Bonchev–Trinajstić information content (AvgIpc) is 2.93. The van der Waals surface area contributed by atoms with E-state index in [1.165, 1.54) is 11.0 Å². The molecule has 0 saturated carbocycles. The second kappa shape index (κ2) is 6.51. The maximum absolute atomic E-state index is 14.6. The topological polar surface area (TPSA) is 68.4 Å². The van der Waals surface area contributed by atoms with Crippen LogP contribution in [0.3, 0.4) is 0 Å². The van der Waals surface area contributed by atoms with E-state index in [9.17, 15) is 18.4 Å². The summed E-state index contributed by atoms with van der Waals surface area (Å²) >= 11 is 5.83. The van der Waals surface area contributed by atoms with E-state index in [0.717, 1.165) is 6.07 Å². The number of benzene rings is 1. The highest BCUT2D eigenvalue weighted by Crippen LogP contribution is 2.31. The number of carbonyl (C=O) groups is 2. The van der Waals surface area contributed by atoms with E-state index >= 15 is 0 Å². The molecular weight excluding hydrogens is 366 g/mol.